The zero-order valence-electron chi connectivity index (χ0n) is 14.2. The smallest absolute Gasteiger partial charge is 0.336 e. The monoisotopic (exact) mass is 339 g/mol. The van der Waals surface area contributed by atoms with E-state index in [1.807, 2.05) is 19.1 Å². The van der Waals surface area contributed by atoms with Gasteiger partial charge in [0, 0.05) is 30.4 Å². The molecule has 0 amide bonds. The average Bonchev–Trinajstić information content (AvgIpc) is 3.16. The number of carboxylic acid groups (broad SMARTS) is 1. The van der Waals surface area contributed by atoms with E-state index < -0.39 is 5.97 Å². The Kier molecular flexibility index (Phi) is 5.03. The van der Waals surface area contributed by atoms with Crippen LogP contribution >= 0.6 is 0 Å². The molecule has 0 atom stereocenters. The van der Waals surface area contributed by atoms with Crippen LogP contribution in [-0.2, 0) is 0 Å². The molecular weight excluding hydrogens is 318 g/mol. The van der Waals surface area contributed by atoms with Crippen molar-refractivity contribution < 1.29 is 19.4 Å². The highest BCUT2D eigenvalue weighted by molar-refractivity contribution is 6.15. The molecular formula is C20H21NO4. The molecule has 2 aromatic carbocycles. The largest absolute Gasteiger partial charge is 0.493 e. The van der Waals surface area contributed by atoms with E-state index in [1.165, 1.54) is 12.1 Å². The van der Waals surface area contributed by atoms with Crippen LogP contribution in [0.3, 0.4) is 0 Å². The summed E-state index contributed by atoms with van der Waals surface area (Å²) < 4.78 is 5.69. The van der Waals surface area contributed by atoms with Crippen molar-refractivity contribution in [1.29, 1.82) is 0 Å². The van der Waals surface area contributed by atoms with Gasteiger partial charge < -0.3 is 14.7 Å². The zero-order chi connectivity index (χ0) is 17.8. The molecule has 3 rings (SSSR count). The number of nitrogens with zero attached hydrogens (tertiary/aromatic N) is 1. The molecule has 25 heavy (non-hydrogen) atoms. The molecule has 0 saturated carbocycles. The van der Waals surface area contributed by atoms with Gasteiger partial charge in [-0.2, -0.15) is 0 Å². The van der Waals surface area contributed by atoms with Gasteiger partial charge in [-0.25, -0.2) is 4.79 Å². The minimum absolute atomic E-state index is 0.00133. The molecule has 0 spiro atoms. The Morgan fingerprint density at radius 3 is 2.36 bits per heavy atom. The predicted octanol–water partition coefficient (Wildman–Crippen LogP) is 3.61. The number of hydrogen-bond donors (Lipinski definition) is 1. The van der Waals surface area contributed by atoms with E-state index in [1.54, 1.807) is 18.2 Å². The van der Waals surface area contributed by atoms with Crippen LogP contribution in [0.25, 0.3) is 0 Å². The molecule has 1 heterocycles. The van der Waals surface area contributed by atoms with Gasteiger partial charge in [-0.05, 0) is 38.0 Å². The first-order chi connectivity index (χ1) is 12.1. The van der Waals surface area contributed by atoms with E-state index in [-0.39, 0.29) is 16.9 Å². The molecule has 0 aromatic heterocycles. The van der Waals surface area contributed by atoms with E-state index in [0.717, 1.165) is 31.6 Å². The van der Waals surface area contributed by atoms with Gasteiger partial charge in [0.05, 0.1) is 17.7 Å². The second kappa shape index (κ2) is 7.38. The molecule has 1 fully saturated rings. The summed E-state index contributed by atoms with van der Waals surface area (Å²) in [5, 5.41) is 9.33. The number of hydrogen-bond acceptors (Lipinski definition) is 4. The molecule has 0 aliphatic carbocycles. The normalized spacial score (nSPS) is 13.7. The third-order valence-corrected chi connectivity index (χ3v) is 4.38. The van der Waals surface area contributed by atoms with Crippen molar-refractivity contribution in [3.05, 3.63) is 59.2 Å². The van der Waals surface area contributed by atoms with Gasteiger partial charge in [0.1, 0.15) is 5.75 Å². The van der Waals surface area contributed by atoms with Crippen molar-refractivity contribution >= 4 is 17.4 Å². The van der Waals surface area contributed by atoms with Crippen LogP contribution in [0.1, 0.15) is 46.0 Å². The molecule has 130 valence electrons. The van der Waals surface area contributed by atoms with Crippen LogP contribution in [0.4, 0.5) is 5.69 Å². The number of ketones is 1. The van der Waals surface area contributed by atoms with E-state index in [4.69, 9.17) is 4.74 Å². The Morgan fingerprint density at radius 1 is 1.04 bits per heavy atom. The van der Waals surface area contributed by atoms with Gasteiger partial charge in [-0.1, -0.05) is 18.2 Å². The van der Waals surface area contributed by atoms with Crippen molar-refractivity contribution in [2.45, 2.75) is 19.8 Å². The standard InChI is InChI=1S/C20H21NO4/c1-2-25-18-13-14(21-11-5-6-12-21)9-10-17(18)19(22)15-7-3-4-8-16(15)20(23)24/h3-4,7-10,13H,2,5-6,11-12H2,1H3,(H,23,24). The lowest BCUT2D eigenvalue weighted by Gasteiger charge is -2.20. The third-order valence-electron chi connectivity index (χ3n) is 4.38. The molecule has 0 radical (unpaired) electrons. The second-order valence-electron chi connectivity index (χ2n) is 5.99. The summed E-state index contributed by atoms with van der Waals surface area (Å²) >= 11 is 0. The predicted molar refractivity (Wildman–Crippen MR) is 95.9 cm³/mol. The number of ether oxygens (including phenoxy) is 1. The maximum absolute atomic E-state index is 12.9. The number of anilines is 1. The van der Waals surface area contributed by atoms with Gasteiger partial charge in [-0.3, -0.25) is 4.79 Å². The molecule has 0 bridgehead atoms. The van der Waals surface area contributed by atoms with Crippen molar-refractivity contribution in [3.8, 4) is 5.75 Å². The van der Waals surface area contributed by atoms with E-state index >= 15 is 0 Å². The lowest BCUT2D eigenvalue weighted by Crippen LogP contribution is -2.18. The van der Waals surface area contributed by atoms with Crippen LogP contribution in [0.2, 0.25) is 0 Å². The summed E-state index contributed by atoms with van der Waals surface area (Å²) in [7, 11) is 0. The molecule has 1 saturated heterocycles. The number of carbonyl (C=O) groups excluding carboxylic acids is 1. The first-order valence-electron chi connectivity index (χ1n) is 8.50. The topological polar surface area (TPSA) is 66.8 Å². The lowest BCUT2D eigenvalue weighted by molar-refractivity contribution is 0.0692. The SMILES string of the molecule is CCOc1cc(N2CCCC2)ccc1C(=O)c1ccccc1C(=O)O. The minimum atomic E-state index is -1.12. The number of carbonyl (C=O) groups is 2. The maximum Gasteiger partial charge on any atom is 0.336 e. The minimum Gasteiger partial charge on any atom is -0.493 e. The fourth-order valence-corrected chi connectivity index (χ4v) is 3.16. The second-order valence-corrected chi connectivity index (χ2v) is 5.99. The zero-order valence-corrected chi connectivity index (χ0v) is 14.2. The molecule has 0 unspecified atom stereocenters. The summed E-state index contributed by atoms with van der Waals surface area (Å²) in [4.78, 5) is 26.6. The van der Waals surface area contributed by atoms with Crippen molar-refractivity contribution in [1.82, 2.24) is 0 Å². The fraction of sp³-hybridized carbons (Fsp3) is 0.300. The molecule has 2 aromatic rings. The Morgan fingerprint density at radius 2 is 1.72 bits per heavy atom. The molecule has 5 nitrogen and oxygen atoms in total. The van der Waals surface area contributed by atoms with E-state index in [0.29, 0.717) is 17.9 Å². The number of rotatable bonds is 6. The number of aromatic carboxylic acids is 1. The van der Waals surface area contributed by atoms with Crippen molar-refractivity contribution in [2.75, 3.05) is 24.6 Å². The molecule has 1 aliphatic rings. The van der Waals surface area contributed by atoms with Gasteiger partial charge >= 0.3 is 5.97 Å². The Bertz CT molecular complexity index is 794. The van der Waals surface area contributed by atoms with Crippen molar-refractivity contribution in [2.24, 2.45) is 0 Å². The van der Waals surface area contributed by atoms with Crippen LogP contribution in [0.15, 0.2) is 42.5 Å². The lowest BCUT2D eigenvalue weighted by atomic mass is 9.97. The fourth-order valence-electron chi connectivity index (χ4n) is 3.16. The summed E-state index contributed by atoms with van der Waals surface area (Å²) in [5.74, 6) is -0.956. The molecule has 5 heteroatoms. The Labute approximate surface area is 146 Å². The quantitative estimate of drug-likeness (QED) is 0.814. The maximum atomic E-state index is 12.9. The molecule has 1 aliphatic heterocycles. The highest BCUT2D eigenvalue weighted by Crippen LogP contribution is 2.30. The number of benzene rings is 2. The highest BCUT2D eigenvalue weighted by atomic mass is 16.5. The third kappa shape index (κ3) is 3.50. The first-order valence-corrected chi connectivity index (χ1v) is 8.50. The van der Waals surface area contributed by atoms with Gasteiger partial charge in [0.2, 0.25) is 0 Å². The Balaban J connectivity index is 2.01. The highest BCUT2D eigenvalue weighted by Gasteiger charge is 2.22. The number of carboxylic acids is 1. The summed E-state index contributed by atoms with van der Waals surface area (Å²) in [6, 6.07) is 11.8. The average molecular weight is 339 g/mol. The first kappa shape index (κ1) is 17.0. The van der Waals surface area contributed by atoms with E-state index in [9.17, 15) is 14.7 Å². The Hall–Kier alpha value is -2.82. The van der Waals surface area contributed by atoms with Crippen LogP contribution in [-0.4, -0.2) is 36.6 Å². The van der Waals surface area contributed by atoms with Gasteiger partial charge in [0.15, 0.2) is 5.78 Å². The van der Waals surface area contributed by atoms with Gasteiger partial charge in [-0.15, -0.1) is 0 Å². The summed E-state index contributed by atoms with van der Waals surface area (Å²) in [5.41, 5.74) is 1.59. The van der Waals surface area contributed by atoms with Crippen LogP contribution in [0, 0.1) is 0 Å². The van der Waals surface area contributed by atoms with Gasteiger partial charge in [0.25, 0.3) is 0 Å². The molecule has 1 N–H and O–H groups in total. The van der Waals surface area contributed by atoms with Crippen LogP contribution < -0.4 is 9.64 Å². The van der Waals surface area contributed by atoms with Crippen LogP contribution in [0.5, 0.6) is 5.75 Å². The van der Waals surface area contributed by atoms with Crippen molar-refractivity contribution in [3.63, 3.8) is 0 Å². The summed E-state index contributed by atoms with van der Waals surface area (Å²) in [6.45, 7) is 4.30. The van der Waals surface area contributed by atoms with E-state index in [2.05, 4.69) is 4.90 Å². The summed E-state index contributed by atoms with van der Waals surface area (Å²) in [6.07, 6.45) is 2.33.